The molecule has 1 aromatic heterocycles. The van der Waals surface area contributed by atoms with Crippen LogP contribution in [0.1, 0.15) is 40.0 Å². The summed E-state index contributed by atoms with van der Waals surface area (Å²) in [6, 6.07) is 18.9. The highest BCUT2D eigenvalue weighted by Crippen LogP contribution is 2.47. The highest BCUT2D eigenvalue weighted by atomic mass is 35.5. The fraction of sp³-hybridized carbons (Fsp3) is 0.160. The summed E-state index contributed by atoms with van der Waals surface area (Å²) in [7, 11) is 1.26. The predicted octanol–water partition coefficient (Wildman–Crippen LogP) is 4.81. The van der Waals surface area contributed by atoms with E-state index in [-0.39, 0.29) is 11.9 Å². The zero-order chi connectivity index (χ0) is 24.0. The molecule has 9 heteroatoms. The second-order valence-corrected chi connectivity index (χ2v) is 8.49. The van der Waals surface area contributed by atoms with Gasteiger partial charge in [0.25, 0.3) is 5.91 Å². The number of anilines is 1. The second kappa shape index (κ2) is 8.16. The predicted molar refractivity (Wildman–Crippen MR) is 128 cm³/mol. The van der Waals surface area contributed by atoms with Crippen molar-refractivity contribution in [2.45, 2.75) is 18.7 Å². The van der Waals surface area contributed by atoms with Crippen molar-refractivity contribution in [3.8, 4) is 0 Å². The third-order valence-corrected chi connectivity index (χ3v) is 6.35. The fourth-order valence-corrected chi connectivity index (χ4v) is 4.67. The smallest absolute Gasteiger partial charge is 0.413 e. The molecule has 4 aromatic rings. The number of aromatic nitrogens is 2. The second-order valence-electron chi connectivity index (χ2n) is 8.06. The molecule has 0 aliphatic carbocycles. The molecule has 172 valence electrons. The number of carbonyl (C=O) groups excluding carboxylic acids is 2. The Kier molecular flexibility index (Phi) is 5.27. The maximum atomic E-state index is 13.6. The van der Waals surface area contributed by atoms with E-state index in [1.807, 2.05) is 19.1 Å². The Hall–Kier alpha value is -3.88. The number of nitrogens with zero attached hydrogens (tertiary/aromatic N) is 2. The number of hydrogen-bond acceptors (Lipinski definition) is 5. The third-order valence-electron chi connectivity index (χ3n) is 6.11. The van der Waals surface area contributed by atoms with Gasteiger partial charge < -0.3 is 14.8 Å². The van der Waals surface area contributed by atoms with E-state index in [0.717, 1.165) is 5.56 Å². The molecule has 0 saturated carbocycles. The van der Waals surface area contributed by atoms with Crippen molar-refractivity contribution in [3.63, 3.8) is 0 Å². The number of benzene rings is 3. The Labute approximate surface area is 200 Å². The van der Waals surface area contributed by atoms with Crippen molar-refractivity contribution in [3.05, 3.63) is 94.0 Å². The van der Waals surface area contributed by atoms with Crippen molar-refractivity contribution in [2.75, 3.05) is 12.4 Å². The van der Waals surface area contributed by atoms with Crippen LogP contribution in [0.3, 0.4) is 0 Å². The first-order chi connectivity index (χ1) is 16.3. The molecule has 2 unspecified atom stereocenters. The lowest BCUT2D eigenvalue weighted by Crippen LogP contribution is -2.46. The average Bonchev–Trinajstić information content (AvgIpc) is 3.34. The molecule has 2 heterocycles. The molecule has 34 heavy (non-hydrogen) atoms. The van der Waals surface area contributed by atoms with Gasteiger partial charge in [0.2, 0.25) is 5.95 Å². The zero-order valence-electron chi connectivity index (χ0n) is 18.4. The summed E-state index contributed by atoms with van der Waals surface area (Å²) in [6.07, 6.45) is -0.658. The zero-order valence-corrected chi connectivity index (χ0v) is 19.1. The SMILES string of the molecule is COC(=O)Nc1nc2cc(C3(O)c4ccccc4C(=O)N3C(C)c3cccc(Cl)c3)ccc2[nH]1. The van der Waals surface area contributed by atoms with E-state index in [1.165, 1.54) is 12.0 Å². The van der Waals surface area contributed by atoms with E-state index in [0.29, 0.717) is 32.7 Å². The molecule has 3 N–H and O–H groups in total. The van der Waals surface area contributed by atoms with Crippen LogP contribution in [0.2, 0.25) is 5.02 Å². The Morgan fingerprint density at radius 2 is 1.97 bits per heavy atom. The van der Waals surface area contributed by atoms with Gasteiger partial charge in [0.1, 0.15) is 0 Å². The van der Waals surface area contributed by atoms with Gasteiger partial charge in [-0.3, -0.25) is 15.0 Å². The van der Waals surface area contributed by atoms with Crippen molar-refractivity contribution in [2.24, 2.45) is 0 Å². The van der Waals surface area contributed by atoms with Gasteiger partial charge in [0.05, 0.1) is 24.2 Å². The molecule has 2 atom stereocenters. The maximum absolute atomic E-state index is 13.6. The van der Waals surface area contributed by atoms with Crippen LogP contribution in [0.25, 0.3) is 11.0 Å². The van der Waals surface area contributed by atoms with Gasteiger partial charge in [0.15, 0.2) is 5.72 Å². The van der Waals surface area contributed by atoms with Gasteiger partial charge in [-0.05, 0) is 42.8 Å². The molecule has 1 aliphatic rings. The van der Waals surface area contributed by atoms with Crippen LogP contribution in [0.15, 0.2) is 66.7 Å². The summed E-state index contributed by atoms with van der Waals surface area (Å²) < 4.78 is 4.61. The highest BCUT2D eigenvalue weighted by Gasteiger charge is 2.52. The minimum absolute atomic E-state index is 0.207. The van der Waals surface area contributed by atoms with Crippen LogP contribution in [-0.2, 0) is 10.5 Å². The topological polar surface area (TPSA) is 108 Å². The van der Waals surface area contributed by atoms with E-state index in [1.54, 1.807) is 54.6 Å². The van der Waals surface area contributed by atoms with Gasteiger partial charge in [-0.25, -0.2) is 9.78 Å². The first-order valence-corrected chi connectivity index (χ1v) is 11.0. The van der Waals surface area contributed by atoms with Crippen molar-refractivity contribution in [1.29, 1.82) is 0 Å². The molecule has 0 fully saturated rings. The van der Waals surface area contributed by atoms with Crippen LogP contribution in [0, 0.1) is 0 Å². The number of imidazole rings is 1. The molecule has 0 saturated heterocycles. The molecule has 2 amide bonds. The molecule has 0 bridgehead atoms. The summed E-state index contributed by atoms with van der Waals surface area (Å²) in [5, 5.41) is 15.3. The standard InChI is InChI=1S/C25H21ClN4O4/c1-14(15-6-5-7-17(26)12-15)30-22(31)18-8-3-4-9-19(18)25(30,33)16-10-11-20-21(13-16)28-23(27-20)29-24(32)34-2/h3-14,33H,1-2H3,(H2,27,28,29,32). The third kappa shape index (κ3) is 3.39. The first kappa shape index (κ1) is 21.9. The summed E-state index contributed by atoms with van der Waals surface area (Å²) in [5.41, 5.74) is 1.56. The summed E-state index contributed by atoms with van der Waals surface area (Å²) in [4.78, 5) is 33.9. The minimum Gasteiger partial charge on any atom is -0.453 e. The summed E-state index contributed by atoms with van der Waals surface area (Å²) >= 11 is 6.21. The normalized spacial score (nSPS) is 18.1. The van der Waals surface area contributed by atoms with Crippen LogP contribution in [0.4, 0.5) is 10.7 Å². The van der Waals surface area contributed by atoms with Crippen LogP contribution in [-0.4, -0.2) is 39.1 Å². The number of methoxy groups -OCH3 is 1. The van der Waals surface area contributed by atoms with Crippen LogP contribution >= 0.6 is 11.6 Å². The quantitative estimate of drug-likeness (QED) is 0.392. The van der Waals surface area contributed by atoms with Gasteiger partial charge >= 0.3 is 6.09 Å². The minimum atomic E-state index is -1.75. The lowest BCUT2D eigenvalue weighted by molar-refractivity contribution is -0.0676. The molecule has 0 radical (unpaired) electrons. The van der Waals surface area contributed by atoms with Gasteiger partial charge in [-0.2, -0.15) is 0 Å². The maximum Gasteiger partial charge on any atom is 0.413 e. The molecular weight excluding hydrogens is 456 g/mol. The number of carbonyl (C=O) groups is 2. The Balaban J connectivity index is 1.65. The summed E-state index contributed by atoms with van der Waals surface area (Å²) in [5.74, 6) is -0.0845. The number of nitrogens with one attached hydrogen (secondary N) is 2. The lowest BCUT2D eigenvalue weighted by Gasteiger charge is -2.39. The van der Waals surface area contributed by atoms with Crippen LogP contribution in [0.5, 0.6) is 0 Å². The van der Waals surface area contributed by atoms with Gasteiger partial charge in [-0.1, -0.05) is 48.0 Å². The van der Waals surface area contributed by atoms with E-state index in [2.05, 4.69) is 20.0 Å². The van der Waals surface area contributed by atoms with Gasteiger partial charge in [0, 0.05) is 21.7 Å². The van der Waals surface area contributed by atoms with Crippen molar-refractivity contribution >= 4 is 40.6 Å². The average molecular weight is 477 g/mol. The van der Waals surface area contributed by atoms with E-state index in [9.17, 15) is 14.7 Å². The van der Waals surface area contributed by atoms with Crippen molar-refractivity contribution < 1.29 is 19.4 Å². The molecule has 5 rings (SSSR count). The number of halogens is 1. The fourth-order valence-electron chi connectivity index (χ4n) is 4.48. The Bertz CT molecular complexity index is 1440. The highest BCUT2D eigenvalue weighted by molar-refractivity contribution is 6.30. The number of amides is 2. The number of fused-ring (bicyclic) bond motifs is 2. The largest absolute Gasteiger partial charge is 0.453 e. The van der Waals surface area contributed by atoms with Gasteiger partial charge in [-0.15, -0.1) is 0 Å². The molecule has 0 spiro atoms. The Morgan fingerprint density at radius 1 is 1.18 bits per heavy atom. The number of aromatic amines is 1. The van der Waals surface area contributed by atoms with E-state index in [4.69, 9.17) is 11.6 Å². The lowest BCUT2D eigenvalue weighted by atomic mass is 9.92. The number of H-pyrrole nitrogens is 1. The number of rotatable bonds is 4. The Morgan fingerprint density at radius 3 is 2.74 bits per heavy atom. The summed E-state index contributed by atoms with van der Waals surface area (Å²) in [6.45, 7) is 1.85. The van der Waals surface area contributed by atoms with E-state index < -0.39 is 17.9 Å². The van der Waals surface area contributed by atoms with E-state index >= 15 is 0 Å². The number of hydrogen-bond donors (Lipinski definition) is 3. The number of aliphatic hydroxyl groups is 1. The molecule has 8 nitrogen and oxygen atoms in total. The molecule has 1 aliphatic heterocycles. The molecule has 3 aromatic carbocycles. The number of ether oxygens (including phenoxy) is 1. The van der Waals surface area contributed by atoms with Crippen LogP contribution < -0.4 is 5.32 Å². The van der Waals surface area contributed by atoms with Crippen molar-refractivity contribution in [1.82, 2.24) is 14.9 Å². The first-order valence-electron chi connectivity index (χ1n) is 10.6. The monoisotopic (exact) mass is 476 g/mol. The molecular formula is C25H21ClN4O4.